The van der Waals surface area contributed by atoms with Gasteiger partial charge in [0.2, 0.25) is 5.91 Å². The Labute approximate surface area is 157 Å². The van der Waals surface area contributed by atoms with Crippen molar-refractivity contribution >= 4 is 23.0 Å². The van der Waals surface area contributed by atoms with Gasteiger partial charge in [-0.15, -0.1) is 0 Å². The summed E-state index contributed by atoms with van der Waals surface area (Å²) in [6.45, 7) is 6.92. The molecule has 1 aliphatic rings. The fourth-order valence-corrected chi connectivity index (χ4v) is 3.19. The molecule has 1 aromatic heterocycles. The molecule has 1 saturated heterocycles. The Kier molecular flexibility index (Phi) is 5.41. The van der Waals surface area contributed by atoms with Gasteiger partial charge in [-0.05, 0) is 32.4 Å². The highest BCUT2D eigenvalue weighted by atomic mass is 16.6. The number of hydrogen-bond acceptors (Lipinski definition) is 6. The maximum Gasteiger partial charge on any atom is 0.292 e. The minimum atomic E-state index is -0.427. The first-order chi connectivity index (χ1) is 12.8. The zero-order chi connectivity index (χ0) is 19.6. The molecule has 9 nitrogen and oxygen atoms in total. The lowest BCUT2D eigenvalue weighted by Gasteiger charge is -2.35. The summed E-state index contributed by atoms with van der Waals surface area (Å²) in [5.41, 5.74) is 1.77. The highest BCUT2D eigenvalue weighted by Gasteiger charge is 2.26. The van der Waals surface area contributed by atoms with Crippen LogP contribution in [-0.2, 0) is 16.1 Å². The van der Waals surface area contributed by atoms with Crippen LogP contribution in [0.3, 0.4) is 0 Å². The van der Waals surface area contributed by atoms with E-state index in [-0.39, 0.29) is 30.3 Å². The van der Waals surface area contributed by atoms with E-state index < -0.39 is 4.92 Å². The normalized spacial score (nSPS) is 19.7. The first kappa shape index (κ1) is 18.8. The molecule has 1 N–H and O–H groups in total. The number of nitrogens with one attached hydrogen (secondary N) is 1. The standard InChI is InChI=1S/C18H23N5O4/c1-12-4-5-16(17(6-12)23(25)26)20-15-7-19-22(10-15)11-18(24)21-8-13(2)27-14(3)9-21/h4-7,10,13-14,20H,8-9,11H2,1-3H3. The lowest BCUT2D eigenvalue weighted by molar-refractivity contribution is -0.384. The van der Waals surface area contributed by atoms with Crippen LogP contribution in [-0.4, -0.2) is 50.8 Å². The lowest BCUT2D eigenvalue weighted by Crippen LogP contribution is -2.49. The third-order valence-electron chi connectivity index (χ3n) is 4.33. The van der Waals surface area contributed by atoms with E-state index >= 15 is 0 Å². The van der Waals surface area contributed by atoms with E-state index in [1.165, 1.54) is 10.7 Å². The van der Waals surface area contributed by atoms with E-state index in [4.69, 9.17) is 4.74 Å². The molecule has 0 spiro atoms. The number of carbonyl (C=O) groups excluding carboxylic acids is 1. The van der Waals surface area contributed by atoms with Crippen LogP contribution in [0.15, 0.2) is 30.6 Å². The number of ether oxygens (including phenoxy) is 1. The number of aromatic nitrogens is 2. The van der Waals surface area contributed by atoms with Gasteiger partial charge in [0.1, 0.15) is 12.2 Å². The predicted molar refractivity (Wildman–Crippen MR) is 99.9 cm³/mol. The molecule has 2 unspecified atom stereocenters. The van der Waals surface area contributed by atoms with Crippen LogP contribution in [0.1, 0.15) is 19.4 Å². The van der Waals surface area contributed by atoms with Crippen LogP contribution < -0.4 is 5.32 Å². The molecule has 0 bridgehead atoms. The summed E-state index contributed by atoms with van der Waals surface area (Å²) in [5, 5.41) is 18.4. The molecular formula is C18H23N5O4. The van der Waals surface area contributed by atoms with Crippen molar-refractivity contribution in [2.75, 3.05) is 18.4 Å². The molecular weight excluding hydrogens is 350 g/mol. The highest BCUT2D eigenvalue weighted by Crippen LogP contribution is 2.28. The fraction of sp³-hybridized carbons (Fsp3) is 0.444. The molecule has 27 heavy (non-hydrogen) atoms. The third kappa shape index (κ3) is 4.62. The number of amides is 1. The van der Waals surface area contributed by atoms with E-state index in [1.807, 2.05) is 13.8 Å². The van der Waals surface area contributed by atoms with Crippen molar-refractivity contribution in [1.82, 2.24) is 14.7 Å². The Bertz CT molecular complexity index is 840. The summed E-state index contributed by atoms with van der Waals surface area (Å²) in [6.07, 6.45) is 3.22. The fourth-order valence-electron chi connectivity index (χ4n) is 3.19. The van der Waals surface area contributed by atoms with E-state index in [0.717, 1.165) is 5.56 Å². The number of benzene rings is 1. The molecule has 1 amide bonds. The van der Waals surface area contributed by atoms with Gasteiger partial charge in [-0.25, -0.2) is 0 Å². The summed E-state index contributed by atoms with van der Waals surface area (Å²) in [5.74, 6) is -0.0343. The molecule has 1 aliphatic heterocycles. The molecule has 2 atom stereocenters. The summed E-state index contributed by atoms with van der Waals surface area (Å²) in [7, 11) is 0. The third-order valence-corrected chi connectivity index (χ3v) is 4.33. The molecule has 0 aliphatic carbocycles. The zero-order valence-electron chi connectivity index (χ0n) is 15.6. The zero-order valence-corrected chi connectivity index (χ0v) is 15.6. The molecule has 2 heterocycles. The maximum atomic E-state index is 12.5. The molecule has 144 valence electrons. The van der Waals surface area contributed by atoms with Gasteiger partial charge in [-0.3, -0.25) is 19.6 Å². The van der Waals surface area contributed by atoms with Gasteiger partial charge >= 0.3 is 0 Å². The molecule has 2 aromatic rings. The monoisotopic (exact) mass is 373 g/mol. The average Bonchev–Trinajstić information content (AvgIpc) is 3.02. The Morgan fingerprint density at radius 2 is 2.07 bits per heavy atom. The summed E-state index contributed by atoms with van der Waals surface area (Å²) in [4.78, 5) is 25.1. The molecule has 1 fully saturated rings. The van der Waals surface area contributed by atoms with Gasteiger partial charge in [0, 0.05) is 25.4 Å². The summed E-state index contributed by atoms with van der Waals surface area (Å²) >= 11 is 0. The Morgan fingerprint density at radius 3 is 2.74 bits per heavy atom. The van der Waals surface area contributed by atoms with Crippen LogP contribution >= 0.6 is 0 Å². The Morgan fingerprint density at radius 1 is 1.37 bits per heavy atom. The predicted octanol–water partition coefficient (Wildman–Crippen LogP) is 2.48. The van der Waals surface area contributed by atoms with E-state index in [2.05, 4.69) is 10.4 Å². The Balaban J connectivity index is 1.67. The number of nitro groups is 1. The maximum absolute atomic E-state index is 12.5. The van der Waals surface area contributed by atoms with Crippen LogP contribution in [0.5, 0.6) is 0 Å². The summed E-state index contributed by atoms with van der Waals surface area (Å²) < 4.78 is 7.17. The van der Waals surface area contributed by atoms with E-state index in [1.54, 1.807) is 36.4 Å². The van der Waals surface area contributed by atoms with Crippen LogP contribution in [0.2, 0.25) is 0 Å². The van der Waals surface area contributed by atoms with Gasteiger partial charge in [-0.1, -0.05) is 6.07 Å². The Hall–Kier alpha value is -2.94. The second kappa shape index (κ2) is 7.75. The van der Waals surface area contributed by atoms with Crippen molar-refractivity contribution in [3.8, 4) is 0 Å². The number of rotatable bonds is 5. The molecule has 3 rings (SSSR count). The second-order valence-corrected chi connectivity index (χ2v) is 6.89. The number of morpholine rings is 1. The lowest BCUT2D eigenvalue weighted by atomic mass is 10.2. The first-order valence-electron chi connectivity index (χ1n) is 8.79. The van der Waals surface area contributed by atoms with Gasteiger partial charge in [0.25, 0.3) is 5.69 Å². The number of carbonyl (C=O) groups is 1. The topological polar surface area (TPSA) is 103 Å². The van der Waals surface area contributed by atoms with Crippen molar-refractivity contribution in [3.05, 3.63) is 46.3 Å². The van der Waals surface area contributed by atoms with Gasteiger partial charge in [0.05, 0.1) is 29.0 Å². The highest BCUT2D eigenvalue weighted by molar-refractivity contribution is 5.76. The molecule has 1 aromatic carbocycles. The number of anilines is 2. The average molecular weight is 373 g/mol. The van der Waals surface area contributed by atoms with Crippen molar-refractivity contribution < 1.29 is 14.5 Å². The van der Waals surface area contributed by atoms with Crippen LogP contribution in [0.25, 0.3) is 0 Å². The summed E-state index contributed by atoms with van der Waals surface area (Å²) in [6, 6.07) is 4.97. The van der Waals surface area contributed by atoms with E-state index in [0.29, 0.717) is 24.5 Å². The smallest absolute Gasteiger partial charge is 0.292 e. The second-order valence-electron chi connectivity index (χ2n) is 6.89. The first-order valence-corrected chi connectivity index (χ1v) is 8.79. The number of aryl methyl sites for hydroxylation is 1. The minimum Gasteiger partial charge on any atom is -0.372 e. The molecule has 9 heteroatoms. The van der Waals surface area contributed by atoms with Crippen LogP contribution in [0.4, 0.5) is 17.1 Å². The quantitative estimate of drug-likeness (QED) is 0.638. The molecule has 0 saturated carbocycles. The van der Waals surface area contributed by atoms with Gasteiger partial charge in [-0.2, -0.15) is 5.10 Å². The van der Waals surface area contributed by atoms with Gasteiger partial charge in [0.15, 0.2) is 0 Å². The van der Waals surface area contributed by atoms with Gasteiger partial charge < -0.3 is 15.0 Å². The van der Waals surface area contributed by atoms with E-state index in [9.17, 15) is 14.9 Å². The number of nitro benzene ring substituents is 1. The van der Waals surface area contributed by atoms with Crippen molar-refractivity contribution in [3.63, 3.8) is 0 Å². The number of nitrogens with zero attached hydrogens (tertiary/aromatic N) is 4. The number of hydrogen-bond donors (Lipinski definition) is 1. The SMILES string of the molecule is Cc1ccc(Nc2cnn(CC(=O)N3CC(C)OC(C)C3)c2)c([N+](=O)[O-])c1. The van der Waals surface area contributed by atoms with Crippen LogP contribution in [0, 0.1) is 17.0 Å². The minimum absolute atomic E-state index is 0.00452. The largest absolute Gasteiger partial charge is 0.372 e. The van der Waals surface area contributed by atoms with Crippen molar-refractivity contribution in [1.29, 1.82) is 0 Å². The van der Waals surface area contributed by atoms with Crippen molar-refractivity contribution in [2.24, 2.45) is 0 Å². The van der Waals surface area contributed by atoms with Crippen molar-refractivity contribution in [2.45, 2.75) is 39.5 Å². The molecule has 0 radical (unpaired) electrons.